The van der Waals surface area contributed by atoms with Crippen molar-refractivity contribution in [1.29, 1.82) is 0 Å². The van der Waals surface area contributed by atoms with E-state index < -0.39 is 5.54 Å². The number of carbonyl (C=O) groups is 3. The Balaban J connectivity index is 1.33. The average Bonchev–Trinajstić information content (AvgIpc) is 3.39. The van der Waals surface area contributed by atoms with Gasteiger partial charge in [-0.25, -0.2) is 9.50 Å². The lowest BCUT2D eigenvalue weighted by molar-refractivity contribution is -0.149. The Morgan fingerprint density at radius 1 is 1.02 bits per heavy atom. The van der Waals surface area contributed by atoms with Crippen LogP contribution in [0.3, 0.4) is 0 Å². The van der Waals surface area contributed by atoms with Crippen molar-refractivity contribution in [1.82, 2.24) is 24.4 Å². The molecule has 0 atom stereocenters. The van der Waals surface area contributed by atoms with Gasteiger partial charge in [0.2, 0.25) is 5.91 Å². The number of amides is 2. The molecule has 0 radical (unpaired) electrons. The van der Waals surface area contributed by atoms with Gasteiger partial charge in [0, 0.05) is 41.7 Å². The Morgan fingerprint density at radius 2 is 1.68 bits per heavy atom. The van der Waals surface area contributed by atoms with Crippen molar-refractivity contribution < 1.29 is 19.1 Å². The number of hydrogen-bond acceptors (Lipinski definition) is 6. The highest BCUT2D eigenvalue weighted by atomic mass is 35.5. The molecular formula is C31H38ClN5O4. The third kappa shape index (κ3) is 5.82. The van der Waals surface area contributed by atoms with Gasteiger partial charge < -0.3 is 14.5 Å². The van der Waals surface area contributed by atoms with Gasteiger partial charge in [-0.2, -0.15) is 5.10 Å². The normalized spacial score (nSPS) is 20.9. The number of halogens is 1. The highest BCUT2D eigenvalue weighted by Gasteiger charge is 2.41. The highest BCUT2D eigenvalue weighted by Crippen LogP contribution is 2.33. The fourth-order valence-corrected chi connectivity index (χ4v) is 6.28. The van der Waals surface area contributed by atoms with E-state index in [4.69, 9.17) is 26.4 Å². The zero-order valence-electron chi connectivity index (χ0n) is 24.4. The molecule has 9 nitrogen and oxygen atoms in total. The number of nitrogens with zero attached hydrogens (tertiary/aromatic N) is 5. The van der Waals surface area contributed by atoms with Crippen LogP contribution >= 0.6 is 11.6 Å². The summed E-state index contributed by atoms with van der Waals surface area (Å²) in [5.74, 6) is -0.287. The summed E-state index contributed by atoms with van der Waals surface area (Å²) in [7, 11) is 1.41. The first kappa shape index (κ1) is 29.0. The zero-order chi connectivity index (χ0) is 29.5. The van der Waals surface area contributed by atoms with Gasteiger partial charge in [-0.3, -0.25) is 14.4 Å². The minimum absolute atomic E-state index is 0.0947. The molecule has 3 aromatic rings. The number of methoxy groups -OCH3 is 1. The predicted octanol–water partition coefficient (Wildman–Crippen LogP) is 5.22. The van der Waals surface area contributed by atoms with Crippen LogP contribution < -0.4 is 0 Å². The average molecular weight is 580 g/mol. The molecule has 2 fully saturated rings. The SMILES string of the molecule is COC(=O)C1CCC(C(=O)N2CCN(C(=O)c3cn4nc(-c5ccc(Cl)cc5)cc(C(C)C)c4n3)C(C)(C)C2)CC1. The van der Waals surface area contributed by atoms with E-state index in [0.29, 0.717) is 61.7 Å². The minimum atomic E-state index is -0.577. The van der Waals surface area contributed by atoms with Gasteiger partial charge in [-0.1, -0.05) is 37.6 Å². The van der Waals surface area contributed by atoms with E-state index in [-0.39, 0.29) is 35.5 Å². The van der Waals surface area contributed by atoms with Gasteiger partial charge >= 0.3 is 5.97 Å². The molecule has 1 aliphatic heterocycles. The Morgan fingerprint density at radius 3 is 2.29 bits per heavy atom. The molecule has 41 heavy (non-hydrogen) atoms. The number of aromatic nitrogens is 3. The number of benzene rings is 1. The second kappa shape index (κ2) is 11.4. The largest absolute Gasteiger partial charge is 0.469 e. The number of ether oxygens (including phenoxy) is 1. The van der Waals surface area contributed by atoms with E-state index in [2.05, 4.69) is 13.8 Å². The number of carbonyl (C=O) groups excluding carboxylic acids is 3. The molecule has 1 aromatic carbocycles. The molecule has 0 bridgehead atoms. The molecule has 2 aliphatic rings. The van der Waals surface area contributed by atoms with Gasteiger partial charge in [-0.05, 0) is 63.6 Å². The summed E-state index contributed by atoms with van der Waals surface area (Å²) in [6, 6.07) is 9.55. The smallest absolute Gasteiger partial charge is 0.308 e. The van der Waals surface area contributed by atoms with Crippen LogP contribution in [0.25, 0.3) is 16.9 Å². The van der Waals surface area contributed by atoms with Crippen LogP contribution in [0.5, 0.6) is 0 Å². The number of esters is 1. The molecule has 0 spiro atoms. The summed E-state index contributed by atoms with van der Waals surface area (Å²) >= 11 is 6.08. The summed E-state index contributed by atoms with van der Waals surface area (Å²) in [5.41, 5.74) is 3.13. The molecule has 3 heterocycles. The minimum Gasteiger partial charge on any atom is -0.469 e. The maximum atomic E-state index is 13.8. The second-order valence-electron chi connectivity index (χ2n) is 12.1. The van der Waals surface area contributed by atoms with Crippen LogP contribution in [0, 0.1) is 11.8 Å². The standard InChI is InChI=1S/C31H38ClN5O4/c1-19(2)24-16-25(20-10-12-23(32)13-11-20)34-37-17-26(33-27(24)37)29(39)36-15-14-35(18-31(36,3)4)28(38)21-6-8-22(9-7-21)30(40)41-5/h10-13,16-17,19,21-22H,6-9,14-15,18H2,1-5H3. The second-order valence-corrected chi connectivity index (χ2v) is 12.6. The molecule has 1 saturated carbocycles. The quantitative estimate of drug-likeness (QED) is 0.385. The molecule has 2 amide bonds. The number of hydrogen-bond donors (Lipinski definition) is 0. The van der Waals surface area contributed by atoms with Crippen LogP contribution in [-0.4, -0.2) is 74.5 Å². The molecule has 5 rings (SSSR count). The van der Waals surface area contributed by atoms with Crippen LogP contribution in [0.4, 0.5) is 0 Å². The van der Waals surface area contributed by atoms with Crippen LogP contribution in [0.1, 0.15) is 75.3 Å². The van der Waals surface area contributed by atoms with E-state index in [1.807, 2.05) is 54.0 Å². The first-order chi connectivity index (χ1) is 19.5. The van der Waals surface area contributed by atoms with Crippen molar-refractivity contribution in [3.8, 4) is 11.3 Å². The Bertz CT molecular complexity index is 1460. The van der Waals surface area contributed by atoms with Crippen molar-refractivity contribution in [3.05, 3.63) is 52.8 Å². The molecule has 1 aliphatic carbocycles. The van der Waals surface area contributed by atoms with E-state index in [1.54, 1.807) is 10.7 Å². The van der Waals surface area contributed by atoms with Crippen molar-refractivity contribution in [3.63, 3.8) is 0 Å². The topological polar surface area (TPSA) is 97.1 Å². The van der Waals surface area contributed by atoms with E-state index in [1.165, 1.54) is 7.11 Å². The fourth-order valence-electron chi connectivity index (χ4n) is 6.15. The molecule has 10 heteroatoms. The summed E-state index contributed by atoms with van der Waals surface area (Å²) in [4.78, 5) is 47.6. The Hall–Kier alpha value is -3.46. The van der Waals surface area contributed by atoms with E-state index in [9.17, 15) is 14.4 Å². The predicted molar refractivity (Wildman–Crippen MR) is 157 cm³/mol. The molecule has 1 saturated heterocycles. The van der Waals surface area contributed by atoms with Crippen molar-refractivity contribution in [2.75, 3.05) is 26.7 Å². The van der Waals surface area contributed by atoms with Gasteiger partial charge in [-0.15, -0.1) is 0 Å². The third-order valence-electron chi connectivity index (χ3n) is 8.50. The lowest BCUT2D eigenvalue weighted by Crippen LogP contribution is -2.62. The van der Waals surface area contributed by atoms with Crippen molar-refractivity contribution in [2.45, 2.75) is 64.8 Å². The lowest BCUT2D eigenvalue weighted by atomic mass is 9.81. The Kier molecular flexibility index (Phi) is 8.10. The summed E-state index contributed by atoms with van der Waals surface area (Å²) in [6.45, 7) is 9.50. The molecule has 218 valence electrons. The van der Waals surface area contributed by atoms with Crippen LogP contribution in [-0.2, 0) is 14.3 Å². The van der Waals surface area contributed by atoms with E-state index >= 15 is 0 Å². The lowest BCUT2D eigenvalue weighted by Gasteiger charge is -2.47. The van der Waals surface area contributed by atoms with E-state index in [0.717, 1.165) is 16.8 Å². The van der Waals surface area contributed by atoms with Gasteiger partial charge in [0.25, 0.3) is 5.91 Å². The summed E-state index contributed by atoms with van der Waals surface area (Å²) in [5, 5.41) is 5.43. The first-order valence-corrected chi connectivity index (χ1v) is 14.7. The third-order valence-corrected chi connectivity index (χ3v) is 8.76. The zero-order valence-corrected chi connectivity index (χ0v) is 25.1. The first-order valence-electron chi connectivity index (χ1n) is 14.3. The van der Waals surface area contributed by atoms with Crippen LogP contribution in [0.2, 0.25) is 5.02 Å². The highest BCUT2D eigenvalue weighted by molar-refractivity contribution is 6.30. The van der Waals surface area contributed by atoms with Gasteiger partial charge in [0.05, 0.1) is 30.5 Å². The maximum Gasteiger partial charge on any atom is 0.308 e. The summed E-state index contributed by atoms with van der Waals surface area (Å²) in [6.07, 6.45) is 4.41. The maximum absolute atomic E-state index is 13.8. The molecular weight excluding hydrogens is 542 g/mol. The summed E-state index contributed by atoms with van der Waals surface area (Å²) < 4.78 is 6.58. The Labute approximate surface area is 245 Å². The number of fused-ring (bicyclic) bond motifs is 1. The van der Waals surface area contributed by atoms with Crippen molar-refractivity contribution in [2.24, 2.45) is 11.8 Å². The number of imidazole rings is 1. The van der Waals surface area contributed by atoms with Gasteiger partial charge in [0.15, 0.2) is 5.65 Å². The van der Waals surface area contributed by atoms with Gasteiger partial charge in [0.1, 0.15) is 5.69 Å². The monoisotopic (exact) mass is 579 g/mol. The number of piperazine rings is 1. The van der Waals surface area contributed by atoms with Crippen LogP contribution in [0.15, 0.2) is 36.5 Å². The fraction of sp³-hybridized carbons (Fsp3) is 0.516. The number of rotatable bonds is 5. The van der Waals surface area contributed by atoms with Crippen molar-refractivity contribution >= 4 is 35.0 Å². The molecule has 2 aromatic heterocycles. The molecule has 0 N–H and O–H groups in total. The molecule has 0 unspecified atom stereocenters.